The Kier molecular flexibility index (Phi) is 6.69. The lowest BCUT2D eigenvalue weighted by Gasteiger charge is -2.32. The summed E-state index contributed by atoms with van der Waals surface area (Å²) in [5.74, 6) is 0.530. The summed E-state index contributed by atoms with van der Waals surface area (Å²) in [6.45, 7) is 2.00. The summed E-state index contributed by atoms with van der Waals surface area (Å²) in [5, 5.41) is 7.43. The Hall–Kier alpha value is -1.85. The smallest absolute Gasteiger partial charge is 0.254 e. The number of likely N-dealkylation sites (tertiary alicyclic amines) is 1. The van der Waals surface area contributed by atoms with E-state index in [1.165, 1.54) is 0 Å². The van der Waals surface area contributed by atoms with Gasteiger partial charge in [-0.05, 0) is 48.3 Å². The van der Waals surface area contributed by atoms with E-state index in [9.17, 15) is 9.59 Å². The van der Waals surface area contributed by atoms with E-state index in [-0.39, 0.29) is 11.8 Å². The standard InChI is InChI=1S/C20H23ClN2O2S/c21-18-6-2-1-5-16(18)12-22-19(24)8-7-15-4-3-10-23(13-15)20(25)17-9-11-26-14-17/h1-2,5-6,9,11,14-15H,3-4,7-8,10,12-13H2,(H,22,24). The molecule has 1 aliphatic rings. The third-order valence-corrected chi connectivity index (χ3v) is 5.84. The Morgan fingerprint density at radius 2 is 2.12 bits per heavy atom. The van der Waals surface area contributed by atoms with Crippen LogP contribution in [0.5, 0.6) is 0 Å². The van der Waals surface area contributed by atoms with Crippen LogP contribution in [0.25, 0.3) is 0 Å². The molecule has 1 fully saturated rings. The van der Waals surface area contributed by atoms with Crippen molar-refractivity contribution in [3.05, 3.63) is 57.2 Å². The lowest BCUT2D eigenvalue weighted by atomic mass is 9.93. The maximum atomic E-state index is 12.5. The van der Waals surface area contributed by atoms with Crippen molar-refractivity contribution in [2.24, 2.45) is 5.92 Å². The van der Waals surface area contributed by atoms with Crippen LogP contribution in [0.4, 0.5) is 0 Å². The second kappa shape index (κ2) is 9.19. The molecule has 138 valence electrons. The van der Waals surface area contributed by atoms with Crippen LogP contribution in [0, 0.1) is 5.92 Å². The van der Waals surface area contributed by atoms with Gasteiger partial charge in [0.05, 0.1) is 5.56 Å². The van der Waals surface area contributed by atoms with Gasteiger partial charge in [0.1, 0.15) is 0 Å². The first-order valence-corrected chi connectivity index (χ1v) is 10.3. The first-order chi connectivity index (χ1) is 12.6. The minimum atomic E-state index is 0.0335. The van der Waals surface area contributed by atoms with Crippen molar-refractivity contribution in [1.82, 2.24) is 10.2 Å². The van der Waals surface area contributed by atoms with E-state index in [0.29, 0.717) is 23.9 Å². The highest BCUT2D eigenvalue weighted by atomic mass is 35.5. The first kappa shape index (κ1) is 18.9. The molecule has 0 saturated carbocycles. The quantitative estimate of drug-likeness (QED) is 0.797. The number of nitrogens with zero attached hydrogens (tertiary/aromatic N) is 1. The number of hydrogen-bond donors (Lipinski definition) is 1. The number of nitrogens with one attached hydrogen (secondary N) is 1. The number of hydrogen-bond acceptors (Lipinski definition) is 3. The van der Waals surface area contributed by atoms with Gasteiger partial charge in [-0.25, -0.2) is 0 Å². The molecule has 26 heavy (non-hydrogen) atoms. The number of carbonyl (C=O) groups is 2. The molecule has 2 heterocycles. The van der Waals surface area contributed by atoms with E-state index in [1.807, 2.05) is 46.0 Å². The minimum Gasteiger partial charge on any atom is -0.352 e. The zero-order valence-electron chi connectivity index (χ0n) is 14.6. The molecule has 1 atom stereocenters. The predicted molar refractivity (Wildman–Crippen MR) is 105 cm³/mol. The number of piperidine rings is 1. The molecule has 1 unspecified atom stereocenters. The van der Waals surface area contributed by atoms with Crippen molar-refractivity contribution in [1.29, 1.82) is 0 Å². The molecule has 2 aromatic rings. The Morgan fingerprint density at radius 3 is 2.88 bits per heavy atom. The summed E-state index contributed by atoms with van der Waals surface area (Å²) in [5.41, 5.74) is 1.70. The van der Waals surface area contributed by atoms with Crippen molar-refractivity contribution >= 4 is 34.8 Å². The number of rotatable bonds is 6. The van der Waals surface area contributed by atoms with Crippen LogP contribution in [-0.4, -0.2) is 29.8 Å². The van der Waals surface area contributed by atoms with Crippen LogP contribution in [0.15, 0.2) is 41.1 Å². The number of benzene rings is 1. The van der Waals surface area contributed by atoms with Crippen molar-refractivity contribution in [3.63, 3.8) is 0 Å². The zero-order valence-corrected chi connectivity index (χ0v) is 16.2. The number of carbonyl (C=O) groups excluding carboxylic acids is 2. The van der Waals surface area contributed by atoms with Gasteiger partial charge in [-0.2, -0.15) is 11.3 Å². The SMILES string of the molecule is O=C(CCC1CCCN(C(=O)c2ccsc2)C1)NCc1ccccc1Cl. The van der Waals surface area contributed by atoms with E-state index in [2.05, 4.69) is 5.32 Å². The highest BCUT2D eigenvalue weighted by molar-refractivity contribution is 7.08. The average Bonchev–Trinajstić information content (AvgIpc) is 3.20. The maximum Gasteiger partial charge on any atom is 0.254 e. The Morgan fingerprint density at radius 1 is 1.27 bits per heavy atom. The normalized spacial score (nSPS) is 17.1. The summed E-state index contributed by atoms with van der Waals surface area (Å²) < 4.78 is 0. The fourth-order valence-electron chi connectivity index (χ4n) is 3.31. The predicted octanol–water partition coefficient (Wildman–Crippen LogP) is 4.35. The third-order valence-electron chi connectivity index (χ3n) is 4.79. The molecule has 1 N–H and O–H groups in total. The molecule has 4 nitrogen and oxygen atoms in total. The Labute approximate surface area is 163 Å². The fourth-order valence-corrected chi connectivity index (χ4v) is 4.15. The summed E-state index contributed by atoms with van der Waals surface area (Å²) in [4.78, 5) is 26.5. The highest BCUT2D eigenvalue weighted by Gasteiger charge is 2.25. The molecule has 1 saturated heterocycles. The molecule has 1 aromatic heterocycles. The summed E-state index contributed by atoms with van der Waals surface area (Å²) in [6, 6.07) is 9.40. The van der Waals surface area contributed by atoms with Gasteiger partial charge >= 0.3 is 0 Å². The number of amides is 2. The van der Waals surface area contributed by atoms with E-state index >= 15 is 0 Å². The van der Waals surface area contributed by atoms with E-state index in [4.69, 9.17) is 11.6 Å². The molecule has 0 bridgehead atoms. The lowest BCUT2D eigenvalue weighted by Crippen LogP contribution is -2.40. The largest absolute Gasteiger partial charge is 0.352 e. The fraction of sp³-hybridized carbons (Fsp3) is 0.400. The van der Waals surface area contributed by atoms with Crippen LogP contribution in [0.1, 0.15) is 41.6 Å². The van der Waals surface area contributed by atoms with Crippen LogP contribution in [0.2, 0.25) is 5.02 Å². The lowest BCUT2D eigenvalue weighted by molar-refractivity contribution is -0.121. The minimum absolute atomic E-state index is 0.0335. The monoisotopic (exact) mass is 390 g/mol. The zero-order chi connectivity index (χ0) is 18.4. The molecule has 2 amide bonds. The number of thiophene rings is 1. The van der Waals surface area contributed by atoms with Gasteiger partial charge in [0.15, 0.2) is 0 Å². The molecule has 0 spiro atoms. The van der Waals surface area contributed by atoms with Crippen molar-refractivity contribution in [2.75, 3.05) is 13.1 Å². The summed E-state index contributed by atoms with van der Waals surface area (Å²) >= 11 is 7.65. The molecule has 0 radical (unpaired) electrons. The summed E-state index contributed by atoms with van der Waals surface area (Å²) in [7, 11) is 0. The first-order valence-electron chi connectivity index (χ1n) is 8.95. The Bertz CT molecular complexity index is 748. The topological polar surface area (TPSA) is 49.4 Å². The molecule has 6 heteroatoms. The van der Waals surface area contributed by atoms with Crippen molar-refractivity contribution < 1.29 is 9.59 Å². The number of halogens is 1. The highest BCUT2D eigenvalue weighted by Crippen LogP contribution is 2.23. The molecular weight excluding hydrogens is 368 g/mol. The third kappa shape index (κ3) is 5.08. The molecule has 1 aromatic carbocycles. The molecule has 0 aliphatic carbocycles. The van der Waals surface area contributed by atoms with Gasteiger partial charge in [0.2, 0.25) is 5.91 Å². The van der Waals surface area contributed by atoms with Crippen LogP contribution in [0.3, 0.4) is 0 Å². The van der Waals surface area contributed by atoms with Crippen LogP contribution in [-0.2, 0) is 11.3 Å². The van der Waals surface area contributed by atoms with Crippen molar-refractivity contribution in [2.45, 2.75) is 32.2 Å². The van der Waals surface area contributed by atoms with Gasteiger partial charge < -0.3 is 10.2 Å². The van der Waals surface area contributed by atoms with Gasteiger partial charge in [-0.15, -0.1) is 0 Å². The Balaban J connectivity index is 1.43. The van der Waals surface area contributed by atoms with Crippen LogP contribution >= 0.6 is 22.9 Å². The van der Waals surface area contributed by atoms with E-state index in [1.54, 1.807) is 11.3 Å². The maximum absolute atomic E-state index is 12.5. The molecular formula is C20H23ClN2O2S. The summed E-state index contributed by atoms with van der Waals surface area (Å²) in [6.07, 6.45) is 3.37. The average molecular weight is 391 g/mol. The van der Waals surface area contributed by atoms with Crippen molar-refractivity contribution in [3.8, 4) is 0 Å². The second-order valence-corrected chi connectivity index (χ2v) is 7.87. The van der Waals surface area contributed by atoms with Gasteiger partial charge in [0, 0.05) is 36.5 Å². The second-order valence-electron chi connectivity index (χ2n) is 6.68. The molecule has 3 rings (SSSR count). The van der Waals surface area contributed by atoms with E-state index < -0.39 is 0 Å². The van der Waals surface area contributed by atoms with Crippen LogP contribution < -0.4 is 5.32 Å². The van der Waals surface area contributed by atoms with Gasteiger partial charge in [-0.1, -0.05) is 29.8 Å². The van der Waals surface area contributed by atoms with E-state index in [0.717, 1.165) is 43.5 Å². The van der Waals surface area contributed by atoms with Gasteiger partial charge in [-0.3, -0.25) is 9.59 Å². The van der Waals surface area contributed by atoms with Gasteiger partial charge in [0.25, 0.3) is 5.91 Å². The molecule has 1 aliphatic heterocycles.